The molecule has 0 unspecified atom stereocenters. The zero-order valence-electron chi connectivity index (χ0n) is 9.25. The van der Waals surface area contributed by atoms with E-state index in [9.17, 15) is 13.2 Å². The van der Waals surface area contributed by atoms with Crippen LogP contribution in [0.15, 0.2) is 0 Å². The second kappa shape index (κ2) is 6.59. The number of hydrogen-bond acceptors (Lipinski definition) is 3. The molecule has 1 rings (SSSR count). The first-order valence-electron chi connectivity index (χ1n) is 5.59. The smallest absolute Gasteiger partial charge is 0.220 e. The van der Waals surface area contributed by atoms with Crippen molar-refractivity contribution in [3.05, 3.63) is 0 Å². The van der Waals surface area contributed by atoms with E-state index in [1.807, 2.05) is 0 Å². The third-order valence-corrected chi connectivity index (χ3v) is 4.98. The highest BCUT2D eigenvalue weighted by atomic mass is 79.9. The Kier molecular flexibility index (Phi) is 5.75. The molecular weight excluding hydrogens is 294 g/mol. The zero-order chi connectivity index (χ0) is 12.0. The van der Waals surface area contributed by atoms with Crippen molar-refractivity contribution in [2.24, 2.45) is 0 Å². The lowest BCUT2D eigenvalue weighted by Crippen LogP contribution is -2.40. The summed E-state index contributed by atoms with van der Waals surface area (Å²) in [5.74, 6) is 0.462. The molecule has 0 bridgehead atoms. The van der Waals surface area contributed by atoms with E-state index in [1.165, 1.54) is 0 Å². The zero-order valence-corrected chi connectivity index (χ0v) is 11.6. The van der Waals surface area contributed by atoms with Crippen molar-refractivity contribution in [2.75, 3.05) is 16.8 Å². The van der Waals surface area contributed by atoms with E-state index in [-0.39, 0.29) is 23.5 Å². The highest BCUT2D eigenvalue weighted by molar-refractivity contribution is 9.09. The quantitative estimate of drug-likeness (QED) is 0.614. The SMILES string of the molecule is O=C(CCCCBr)NC1CCS(=O)(=O)CC1. The van der Waals surface area contributed by atoms with Gasteiger partial charge in [-0.1, -0.05) is 15.9 Å². The van der Waals surface area contributed by atoms with E-state index in [1.54, 1.807) is 0 Å². The van der Waals surface area contributed by atoms with Crippen LogP contribution in [0.25, 0.3) is 0 Å². The highest BCUT2D eigenvalue weighted by Crippen LogP contribution is 2.12. The standard InChI is InChI=1S/C10H18BrNO3S/c11-6-2-1-3-10(13)12-9-4-7-16(14,15)8-5-9/h9H,1-8H2,(H,12,13). The summed E-state index contributed by atoms with van der Waals surface area (Å²) in [5.41, 5.74) is 0. The van der Waals surface area contributed by atoms with Gasteiger partial charge in [0.1, 0.15) is 9.84 Å². The predicted molar refractivity (Wildman–Crippen MR) is 67.5 cm³/mol. The normalized spacial score (nSPS) is 20.6. The van der Waals surface area contributed by atoms with Crippen LogP contribution in [-0.2, 0) is 14.6 Å². The van der Waals surface area contributed by atoms with E-state index in [2.05, 4.69) is 21.2 Å². The Bertz CT molecular complexity index is 315. The van der Waals surface area contributed by atoms with Gasteiger partial charge >= 0.3 is 0 Å². The average Bonchev–Trinajstić information content (AvgIpc) is 2.22. The molecule has 16 heavy (non-hydrogen) atoms. The number of nitrogens with one attached hydrogen (secondary N) is 1. The molecule has 0 aromatic heterocycles. The van der Waals surface area contributed by atoms with Gasteiger partial charge in [-0.05, 0) is 25.7 Å². The second-order valence-corrected chi connectivity index (χ2v) is 7.24. The lowest BCUT2D eigenvalue weighted by Gasteiger charge is -2.22. The number of rotatable bonds is 5. The average molecular weight is 312 g/mol. The Balaban J connectivity index is 2.20. The summed E-state index contributed by atoms with van der Waals surface area (Å²) in [6, 6.07) is 0.0556. The third-order valence-electron chi connectivity index (χ3n) is 2.71. The summed E-state index contributed by atoms with van der Waals surface area (Å²) < 4.78 is 22.3. The highest BCUT2D eigenvalue weighted by Gasteiger charge is 2.24. The molecule has 1 saturated heterocycles. The van der Waals surface area contributed by atoms with Crippen molar-refractivity contribution >= 4 is 31.7 Å². The van der Waals surface area contributed by atoms with Crippen molar-refractivity contribution in [2.45, 2.75) is 38.1 Å². The summed E-state index contributed by atoms with van der Waals surface area (Å²) >= 11 is 3.31. The Morgan fingerprint density at radius 2 is 1.88 bits per heavy atom. The molecule has 0 aromatic rings. The van der Waals surface area contributed by atoms with E-state index in [0.717, 1.165) is 18.2 Å². The van der Waals surface area contributed by atoms with Crippen LogP contribution < -0.4 is 5.32 Å². The molecule has 94 valence electrons. The van der Waals surface area contributed by atoms with Crippen molar-refractivity contribution in [3.8, 4) is 0 Å². The van der Waals surface area contributed by atoms with Gasteiger partial charge in [-0.25, -0.2) is 8.42 Å². The van der Waals surface area contributed by atoms with E-state index in [4.69, 9.17) is 0 Å². The van der Waals surface area contributed by atoms with Gasteiger partial charge in [-0.3, -0.25) is 4.79 Å². The van der Waals surface area contributed by atoms with Gasteiger partial charge < -0.3 is 5.32 Å². The first kappa shape index (κ1) is 14.0. The summed E-state index contributed by atoms with van der Waals surface area (Å²) in [7, 11) is -2.83. The second-order valence-electron chi connectivity index (χ2n) is 4.14. The van der Waals surface area contributed by atoms with Gasteiger partial charge in [0.25, 0.3) is 0 Å². The Hall–Kier alpha value is -0.100. The van der Waals surface area contributed by atoms with Crippen LogP contribution in [0.3, 0.4) is 0 Å². The summed E-state index contributed by atoms with van der Waals surface area (Å²) in [4.78, 5) is 11.5. The molecule has 1 fully saturated rings. The number of halogens is 1. The molecule has 0 aromatic carbocycles. The predicted octanol–water partition coefficient (Wildman–Crippen LogP) is 1.24. The maximum absolute atomic E-state index is 11.5. The first-order chi connectivity index (χ1) is 7.53. The van der Waals surface area contributed by atoms with Gasteiger partial charge in [-0.2, -0.15) is 0 Å². The minimum absolute atomic E-state index is 0.0465. The molecule has 1 heterocycles. The largest absolute Gasteiger partial charge is 0.353 e. The number of amides is 1. The lowest BCUT2D eigenvalue weighted by molar-refractivity contribution is -0.121. The van der Waals surface area contributed by atoms with Crippen molar-refractivity contribution < 1.29 is 13.2 Å². The van der Waals surface area contributed by atoms with Crippen LogP contribution in [0.1, 0.15) is 32.1 Å². The van der Waals surface area contributed by atoms with Gasteiger partial charge in [0.15, 0.2) is 0 Å². The third kappa shape index (κ3) is 5.30. The van der Waals surface area contributed by atoms with Gasteiger partial charge in [-0.15, -0.1) is 0 Å². The first-order valence-corrected chi connectivity index (χ1v) is 8.53. The van der Waals surface area contributed by atoms with Crippen molar-refractivity contribution in [3.63, 3.8) is 0 Å². The fourth-order valence-electron chi connectivity index (χ4n) is 1.71. The van der Waals surface area contributed by atoms with Crippen molar-refractivity contribution in [1.82, 2.24) is 5.32 Å². The molecule has 0 radical (unpaired) electrons. The minimum Gasteiger partial charge on any atom is -0.353 e. The number of alkyl halides is 1. The maximum atomic E-state index is 11.5. The number of carbonyl (C=O) groups is 1. The molecule has 1 aliphatic rings. The summed E-state index contributed by atoms with van der Waals surface area (Å²) in [6.07, 6.45) is 3.53. The van der Waals surface area contributed by atoms with E-state index in [0.29, 0.717) is 19.3 Å². The molecule has 6 heteroatoms. The van der Waals surface area contributed by atoms with Crippen LogP contribution in [0, 0.1) is 0 Å². The molecule has 0 aliphatic carbocycles. The minimum atomic E-state index is -2.83. The molecule has 0 spiro atoms. The molecule has 1 N–H and O–H groups in total. The Labute approximate surface area is 105 Å². The van der Waals surface area contributed by atoms with Crippen molar-refractivity contribution in [1.29, 1.82) is 0 Å². The molecule has 0 saturated carbocycles. The molecule has 0 atom stereocenters. The maximum Gasteiger partial charge on any atom is 0.220 e. The topological polar surface area (TPSA) is 63.2 Å². The molecule has 1 amide bonds. The molecule has 4 nitrogen and oxygen atoms in total. The van der Waals surface area contributed by atoms with Crippen LogP contribution in [0.4, 0.5) is 0 Å². The van der Waals surface area contributed by atoms with Crippen LogP contribution >= 0.6 is 15.9 Å². The summed E-state index contributed by atoms with van der Waals surface area (Å²) in [6.45, 7) is 0. The van der Waals surface area contributed by atoms with Crippen LogP contribution in [0.5, 0.6) is 0 Å². The lowest BCUT2D eigenvalue weighted by atomic mass is 10.1. The van der Waals surface area contributed by atoms with Gasteiger partial charge in [0, 0.05) is 17.8 Å². The Morgan fingerprint density at radius 1 is 1.25 bits per heavy atom. The summed E-state index contributed by atoms with van der Waals surface area (Å²) in [5, 5.41) is 3.82. The Morgan fingerprint density at radius 3 is 2.44 bits per heavy atom. The monoisotopic (exact) mass is 311 g/mol. The van der Waals surface area contributed by atoms with E-state index >= 15 is 0 Å². The number of carbonyl (C=O) groups excluding carboxylic acids is 1. The fraction of sp³-hybridized carbons (Fsp3) is 0.900. The van der Waals surface area contributed by atoms with Crippen LogP contribution in [0.2, 0.25) is 0 Å². The number of hydrogen-bond donors (Lipinski definition) is 1. The number of sulfone groups is 1. The molecular formula is C10H18BrNO3S. The van der Waals surface area contributed by atoms with Gasteiger partial charge in [0.05, 0.1) is 11.5 Å². The fourth-order valence-corrected chi connectivity index (χ4v) is 3.60. The van der Waals surface area contributed by atoms with E-state index < -0.39 is 9.84 Å². The number of unbranched alkanes of at least 4 members (excludes halogenated alkanes) is 1. The van der Waals surface area contributed by atoms with Crippen LogP contribution in [-0.4, -0.2) is 37.2 Å². The molecule has 1 aliphatic heterocycles. The van der Waals surface area contributed by atoms with Gasteiger partial charge in [0.2, 0.25) is 5.91 Å².